The van der Waals surface area contributed by atoms with Crippen molar-refractivity contribution in [2.75, 3.05) is 26.3 Å². The Bertz CT molecular complexity index is 265. The summed E-state index contributed by atoms with van der Waals surface area (Å²) in [5, 5.41) is 3.06. The maximum Gasteiger partial charge on any atom is 0.224 e. The van der Waals surface area contributed by atoms with E-state index in [9.17, 15) is 4.79 Å². The SMILES string of the molecule is CC(N)C(C)C(=O)NC(C)C(C)N1CCOCC1. The standard InChI is InChI=1S/C13H27N3O2/c1-9(10(2)14)13(17)15-11(3)12(4)16-5-7-18-8-6-16/h9-12H,5-8,14H2,1-4H3,(H,15,17). The van der Waals surface area contributed by atoms with Gasteiger partial charge in [-0.1, -0.05) is 6.92 Å². The molecule has 0 aromatic rings. The van der Waals surface area contributed by atoms with Gasteiger partial charge in [-0.2, -0.15) is 0 Å². The van der Waals surface area contributed by atoms with E-state index >= 15 is 0 Å². The molecule has 4 atom stereocenters. The first-order valence-electron chi connectivity index (χ1n) is 6.81. The second kappa shape index (κ2) is 7.07. The Hall–Kier alpha value is -0.650. The summed E-state index contributed by atoms with van der Waals surface area (Å²) in [6, 6.07) is 0.325. The van der Waals surface area contributed by atoms with E-state index in [1.807, 2.05) is 20.8 Å². The molecule has 1 saturated heterocycles. The molecule has 1 fully saturated rings. The third kappa shape index (κ3) is 4.23. The normalized spacial score (nSPS) is 24.1. The molecular formula is C13H27N3O2. The first-order valence-corrected chi connectivity index (χ1v) is 6.81. The van der Waals surface area contributed by atoms with Gasteiger partial charge >= 0.3 is 0 Å². The Labute approximate surface area is 110 Å². The highest BCUT2D eigenvalue weighted by atomic mass is 16.5. The lowest BCUT2D eigenvalue weighted by Gasteiger charge is -2.36. The van der Waals surface area contributed by atoms with Crippen LogP contribution < -0.4 is 11.1 Å². The number of carbonyl (C=O) groups is 1. The minimum Gasteiger partial charge on any atom is -0.379 e. The molecule has 1 rings (SSSR count). The average molecular weight is 257 g/mol. The van der Waals surface area contributed by atoms with Crippen LogP contribution in [0.1, 0.15) is 27.7 Å². The zero-order chi connectivity index (χ0) is 13.7. The van der Waals surface area contributed by atoms with Gasteiger partial charge in [-0.15, -0.1) is 0 Å². The van der Waals surface area contributed by atoms with Gasteiger partial charge in [0.15, 0.2) is 0 Å². The topological polar surface area (TPSA) is 67.6 Å². The maximum absolute atomic E-state index is 11.9. The summed E-state index contributed by atoms with van der Waals surface area (Å²) in [4.78, 5) is 14.3. The molecule has 0 aromatic carbocycles. The molecule has 3 N–H and O–H groups in total. The van der Waals surface area contributed by atoms with Crippen LogP contribution in [0.3, 0.4) is 0 Å². The molecule has 0 aromatic heterocycles. The maximum atomic E-state index is 11.9. The summed E-state index contributed by atoms with van der Waals surface area (Å²) in [5.41, 5.74) is 5.74. The number of morpholine rings is 1. The quantitative estimate of drug-likeness (QED) is 0.738. The Balaban J connectivity index is 2.43. The highest BCUT2D eigenvalue weighted by Crippen LogP contribution is 2.09. The number of nitrogens with two attached hydrogens (primary N) is 1. The Kier molecular flexibility index (Phi) is 6.05. The fraction of sp³-hybridized carbons (Fsp3) is 0.923. The van der Waals surface area contributed by atoms with Gasteiger partial charge < -0.3 is 15.8 Å². The van der Waals surface area contributed by atoms with Crippen LogP contribution in [-0.4, -0.2) is 55.2 Å². The third-order valence-electron chi connectivity index (χ3n) is 3.92. The number of nitrogens with zero attached hydrogens (tertiary/aromatic N) is 1. The molecule has 0 spiro atoms. The second-order valence-electron chi connectivity index (χ2n) is 5.33. The van der Waals surface area contributed by atoms with E-state index in [0.29, 0.717) is 6.04 Å². The lowest BCUT2D eigenvalue weighted by Crippen LogP contribution is -2.53. The first kappa shape index (κ1) is 15.4. The smallest absolute Gasteiger partial charge is 0.224 e. The van der Waals surface area contributed by atoms with Crippen LogP contribution in [0.25, 0.3) is 0 Å². The summed E-state index contributed by atoms with van der Waals surface area (Å²) in [5.74, 6) is -0.109. The second-order valence-corrected chi connectivity index (χ2v) is 5.33. The van der Waals surface area contributed by atoms with Gasteiger partial charge in [-0.25, -0.2) is 0 Å². The molecule has 0 radical (unpaired) electrons. The zero-order valence-corrected chi connectivity index (χ0v) is 12.0. The Morgan fingerprint density at radius 2 is 1.78 bits per heavy atom. The van der Waals surface area contributed by atoms with E-state index in [2.05, 4.69) is 17.1 Å². The van der Waals surface area contributed by atoms with Gasteiger partial charge in [-0.05, 0) is 20.8 Å². The molecule has 1 heterocycles. The summed E-state index contributed by atoms with van der Waals surface area (Å²) >= 11 is 0. The van der Waals surface area contributed by atoms with Crippen LogP contribution in [0.2, 0.25) is 0 Å². The van der Waals surface area contributed by atoms with E-state index in [0.717, 1.165) is 26.3 Å². The first-order chi connectivity index (χ1) is 8.43. The van der Waals surface area contributed by atoms with Crippen LogP contribution in [0.5, 0.6) is 0 Å². The highest BCUT2D eigenvalue weighted by Gasteiger charge is 2.25. The van der Waals surface area contributed by atoms with Crippen LogP contribution in [0, 0.1) is 5.92 Å². The fourth-order valence-corrected chi connectivity index (χ4v) is 2.02. The van der Waals surface area contributed by atoms with Crippen molar-refractivity contribution in [2.24, 2.45) is 11.7 Å². The number of hydrogen-bond acceptors (Lipinski definition) is 4. The van der Waals surface area contributed by atoms with Gasteiger partial charge in [0, 0.05) is 37.1 Å². The zero-order valence-electron chi connectivity index (χ0n) is 12.0. The van der Waals surface area contributed by atoms with E-state index in [-0.39, 0.29) is 23.9 Å². The summed E-state index contributed by atoms with van der Waals surface area (Å²) in [6.07, 6.45) is 0. The number of rotatable bonds is 5. The van der Waals surface area contributed by atoms with E-state index in [4.69, 9.17) is 10.5 Å². The summed E-state index contributed by atoms with van der Waals surface area (Å²) in [7, 11) is 0. The van der Waals surface area contributed by atoms with Gasteiger partial charge in [-0.3, -0.25) is 9.69 Å². The highest BCUT2D eigenvalue weighted by molar-refractivity contribution is 5.79. The molecule has 18 heavy (non-hydrogen) atoms. The van der Waals surface area contributed by atoms with E-state index in [1.165, 1.54) is 0 Å². The lowest BCUT2D eigenvalue weighted by atomic mass is 10.0. The van der Waals surface area contributed by atoms with E-state index in [1.54, 1.807) is 0 Å². The van der Waals surface area contributed by atoms with Crippen molar-refractivity contribution in [3.8, 4) is 0 Å². The van der Waals surface area contributed by atoms with Crippen LogP contribution in [0.15, 0.2) is 0 Å². The van der Waals surface area contributed by atoms with Crippen molar-refractivity contribution in [3.05, 3.63) is 0 Å². The number of amides is 1. The molecule has 5 heteroatoms. The number of nitrogens with one attached hydrogen (secondary N) is 1. The third-order valence-corrected chi connectivity index (χ3v) is 3.92. The van der Waals surface area contributed by atoms with Crippen molar-refractivity contribution in [3.63, 3.8) is 0 Å². The lowest BCUT2D eigenvalue weighted by molar-refractivity contribution is -0.126. The predicted octanol–water partition coefficient (Wildman–Crippen LogP) is 0.195. The van der Waals surface area contributed by atoms with Gasteiger partial charge in [0.25, 0.3) is 0 Å². The van der Waals surface area contributed by atoms with Crippen molar-refractivity contribution in [1.29, 1.82) is 0 Å². The predicted molar refractivity (Wildman–Crippen MR) is 72.3 cm³/mol. The molecular weight excluding hydrogens is 230 g/mol. The minimum atomic E-state index is -0.149. The largest absolute Gasteiger partial charge is 0.379 e. The van der Waals surface area contributed by atoms with Gasteiger partial charge in [0.2, 0.25) is 5.91 Å². The molecule has 1 amide bonds. The molecule has 1 aliphatic heterocycles. The summed E-state index contributed by atoms with van der Waals surface area (Å²) < 4.78 is 5.33. The van der Waals surface area contributed by atoms with Crippen LogP contribution in [-0.2, 0) is 9.53 Å². The summed E-state index contributed by atoms with van der Waals surface area (Å²) in [6.45, 7) is 11.3. The van der Waals surface area contributed by atoms with E-state index < -0.39 is 0 Å². The molecule has 0 saturated carbocycles. The Morgan fingerprint density at radius 1 is 1.22 bits per heavy atom. The van der Waals surface area contributed by atoms with Crippen molar-refractivity contribution in [1.82, 2.24) is 10.2 Å². The van der Waals surface area contributed by atoms with Crippen molar-refractivity contribution >= 4 is 5.91 Å². The molecule has 4 unspecified atom stereocenters. The van der Waals surface area contributed by atoms with Crippen LogP contribution in [0.4, 0.5) is 0 Å². The fourth-order valence-electron chi connectivity index (χ4n) is 2.02. The Morgan fingerprint density at radius 3 is 2.28 bits per heavy atom. The minimum absolute atomic E-state index is 0.0395. The van der Waals surface area contributed by atoms with Gasteiger partial charge in [0.1, 0.15) is 0 Å². The van der Waals surface area contributed by atoms with Crippen LogP contribution >= 0.6 is 0 Å². The number of ether oxygens (including phenoxy) is 1. The molecule has 0 bridgehead atoms. The monoisotopic (exact) mass is 257 g/mol. The number of carbonyl (C=O) groups excluding carboxylic acids is 1. The van der Waals surface area contributed by atoms with Gasteiger partial charge in [0.05, 0.1) is 13.2 Å². The molecule has 0 aliphatic carbocycles. The average Bonchev–Trinajstić information content (AvgIpc) is 2.37. The molecule has 106 valence electrons. The molecule has 5 nitrogen and oxygen atoms in total. The van der Waals surface area contributed by atoms with Crippen molar-refractivity contribution < 1.29 is 9.53 Å². The molecule has 1 aliphatic rings. The number of hydrogen-bond donors (Lipinski definition) is 2. The van der Waals surface area contributed by atoms with Crippen molar-refractivity contribution in [2.45, 2.75) is 45.8 Å².